The van der Waals surface area contributed by atoms with Gasteiger partial charge in [-0.25, -0.2) is 15.0 Å². The summed E-state index contributed by atoms with van der Waals surface area (Å²) in [5.41, 5.74) is 3.98. The molecule has 2 aromatic heterocycles. The fraction of sp³-hybridized carbons (Fsp3) is 0.500. The summed E-state index contributed by atoms with van der Waals surface area (Å²) in [7, 11) is 4.31. The Hall–Kier alpha value is -3.15. The van der Waals surface area contributed by atoms with Crippen LogP contribution in [0, 0.1) is 0 Å². The van der Waals surface area contributed by atoms with E-state index in [2.05, 4.69) is 74.3 Å². The third-order valence-electron chi connectivity index (χ3n) is 7.73. The molecule has 0 aliphatic carbocycles. The molecule has 3 aromatic rings. The molecule has 1 aromatic carbocycles. The van der Waals surface area contributed by atoms with E-state index in [0.29, 0.717) is 19.2 Å². The fourth-order valence-corrected chi connectivity index (χ4v) is 5.38. The monoisotopic (exact) mass is 546 g/mol. The van der Waals surface area contributed by atoms with Crippen molar-refractivity contribution in [3.8, 4) is 11.3 Å². The van der Waals surface area contributed by atoms with Crippen LogP contribution >= 0.6 is 0 Å². The molecule has 5 aliphatic rings. The average molecular weight is 547 g/mol. The van der Waals surface area contributed by atoms with Gasteiger partial charge in [-0.15, -0.1) is 0 Å². The molecule has 10 heteroatoms. The minimum Gasteiger partial charge on any atom is -0.394 e. The van der Waals surface area contributed by atoms with E-state index in [0.717, 1.165) is 81.5 Å². The van der Waals surface area contributed by atoms with Gasteiger partial charge in [0, 0.05) is 82.5 Å². The minimum absolute atomic E-state index is 0.0497. The van der Waals surface area contributed by atoms with Crippen molar-refractivity contribution in [2.24, 2.45) is 0 Å². The van der Waals surface area contributed by atoms with Crippen LogP contribution in [0.3, 0.4) is 0 Å². The number of pyridine rings is 1. The molecule has 0 amide bonds. The van der Waals surface area contributed by atoms with Crippen molar-refractivity contribution >= 4 is 17.5 Å². The highest BCUT2D eigenvalue weighted by molar-refractivity contribution is 5.62. The van der Waals surface area contributed by atoms with Gasteiger partial charge in [0.2, 0.25) is 5.95 Å². The van der Waals surface area contributed by atoms with E-state index in [9.17, 15) is 5.11 Å². The first-order valence-electron chi connectivity index (χ1n) is 14.3. The molecule has 8 rings (SSSR count). The predicted molar refractivity (Wildman–Crippen MR) is 159 cm³/mol. The summed E-state index contributed by atoms with van der Waals surface area (Å²) in [5, 5.41) is 12.6. The normalized spacial score (nSPS) is 22.7. The topological polar surface area (TPSA) is 93.1 Å². The van der Waals surface area contributed by atoms with E-state index >= 15 is 0 Å². The summed E-state index contributed by atoms with van der Waals surface area (Å²) in [4.78, 5) is 23.6. The zero-order chi connectivity index (χ0) is 27.7. The highest BCUT2D eigenvalue weighted by Gasteiger charge is 2.27. The van der Waals surface area contributed by atoms with Gasteiger partial charge < -0.3 is 25.0 Å². The summed E-state index contributed by atoms with van der Waals surface area (Å²) in [6.07, 6.45) is 4.74. The Labute approximate surface area is 237 Å². The molecule has 0 saturated carbocycles. The van der Waals surface area contributed by atoms with Crippen LogP contribution in [0.15, 0.2) is 54.9 Å². The Morgan fingerprint density at radius 2 is 1.90 bits per heavy atom. The number of aliphatic hydroxyl groups is 1. The van der Waals surface area contributed by atoms with Crippen molar-refractivity contribution in [1.82, 2.24) is 29.7 Å². The standard InChI is InChI=1S/C30H42N8O2/c1-35-11-4-12-36(2)29-8-7-25(20-32-29)28-9-10-31-30(34-28)33-26-6-3-5-24(19-26)21-38-16-15-37(14-13-35)22-27(38)23-40-18-17-39/h3,5-10,19-20,27,39H,4,11-18,21-23H2,1-2H3,(H,31,33,34). The second kappa shape index (κ2) is 14.0. The van der Waals surface area contributed by atoms with Gasteiger partial charge in [0.15, 0.2) is 0 Å². The van der Waals surface area contributed by atoms with Crippen molar-refractivity contribution in [3.05, 3.63) is 60.4 Å². The molecule has 3 atom stereocenters. The molecule has 0 radical (unpaired) electrons. The Morgan fingerprint density at radius 1 is 1.00 bits per heavy atom. The Bertz CT molecular complexity index is 1210. The number of anilines is 3. The van der Waals surface area contributed by atoms with Crippen LogP contribution in [0.4, 0.5) is 17.5 Å². The maximum atomic E-state index is 9.25. The summed E-state index contributed by atoms with van der Waals surface area (Å²) in [6.45, 7) is 8.91. The first kappa shape index (κ1) is 28.4. The molecule has 40 heavy (non-hydrogen) atoms. The van der Waals surface area contributed by atoms with Gasteiger partial charge in [-0.1, -0.05) is 12.1 Å². The summed E-state index contributed by atoms with van der Waals surface area (Å²) >= 11 is 0. The maximum Gasteiger partial charge on any atom is 0.227 e. The number of aromatic nitrogens is 3. The van der Waals surface area contributed by atoms with Gasteiger partial charge in [-0.3, -0.25) is 9.80 Å². The van der Waals surface area contributed by atoms with Crippen molar-refractivity contribution < 1.29 is 9.84 Å². The lowest BCUT2D eigenvalue weighted by molar-refractivity contribution is -0.00418. The number of aliphatic hydroxyl groups excluding tert-OH is 1. The number of likely N-dealkylation sites (N-methyl/N-ethyl adjacent to an activating group) is 1. The number of hydrogen-bond acceptors (Lipinski definition) is 10. The number of ether oxygens (including phenoxy) is 1. The molecule has 0 spiro atoms. The van der Waals surface area contributed by atoms with Gasteiger partial charge in [0.1, 0.15) is 5.82 Å². The second-order valence-corrected chi connectivity index (χ2v) is 10.8. The Morgan fingerprint density at radius 3 is 2.75 bits per heavy atom. The third kappa shape index (κ3) is 7.74. The molecule has 2 N–H and O–H groups in total. The summed E-state index contributed by atoms with van der Waals surface area (Å²) in [6, 6.07) is 14.8. The van der Waals surface area contributed by atoms with Gasteiger partial charge >= 0.3 is 0 Å². The molecular formula is C30H42N8O2. The first-order valence-corrected chi connectivity index (χ1v) is 14.3. The van der Waals surface area contributed by atoms with E-state index in [4.69, 9.17) is 14.7 Å². The van der Waals surface area contributed by atoms with E-state index in [1.54, 1.807) is 6.20 Å². The number of piperazine rings is 1. The maximum absolute atomic E-state index is 9.25. The molecular weight excluding hydrogens is 504 g/mol. The van der Waals surface area contributed by atoms with Gasteiger partial charge in [-0.05, 0) is 55.9 Å². The molecule has 7 heterocycles. The third-order valence-corrected chi connectivity index (χ3v) is 7.73. The van der Waals surface area contributed by atoms with Crippen molar-refractivity contribution in [1.29, 1.82) is 0 Å². The van der Waals surface area contributed by atoms with E-state index in [1.165, 1.54) is 5.56 Å². The molecule has 5 aliphatic heterocycles. The Kier molecular flexibility index (Phi) is 9.90. The molecule has 3 unspecified atom stereocenters. The van der Waals surface area contributed by atoms with E-state index in [1.807, 2.05) is 18.3 Å². The van der Waals surface area contributed by atoms with Crippen molar-refractivity contribution in [3.63, 3.8) is 0 Å². The van der Waals surface area contributed by atoms with Crippen LogP contribution < -0.4 is 10.2 Å². The van der Waals surface area contributed by atoms with Gasteiger partial charge in [-0.2, -0.15) is 0 Å². The number of hydrogen-bond donors (Lipinski definition) is 2. The van der Waals surface area contributed by atoms with Crippen LogP contribution in [0.1, 0.15) is 12.0 Å². The predicted octanol–water partition coefficient (Wildman–Crippen LogP) is 2.55. The summed E-state index contributed by atoms with van der Waals surface area (Å²) < 4.78 is 5.82. The molecule has 214 valence electrons. The molecule has 8 bridgehead atoms. The Balaban J connectivity index is 1.38. The van der Waals surface area contributed by atoms with Crippen LogP contribution in [0.5, 0.6) is 0 Å². The zero-order valence-electron chi connectivity index (χ0n) is 23.7. The lowest BCUT2D eigenvalue weighted by Gasteiger charge is -2.42. The smallest absolute Gasteiger partial charge is 0.227 e. The number of nitrogens with zero attached hydrogens (tertiary/aromatic N) is 7. The van der Waals surface area contributed by atoms with Crippen molar-refractivity contribution in [2.75, 3.05) is 89.9 Å². The first-order chi connectivity index (χ1) is 19.6. The highest BCUT2D eigenvalue weighted by atomic mass is 16.5. The number of rotatable bonds is 4. The van der Waals surface area contributed by atoms with Crippen LogP contribution in [0.2, 0.25) is 0 Å². The van der Waals surface area contributed by atoms with Gasteiger partial charge in [0.05, 0.1) is 25.5 Å². The lowest BCUT2D eigenvalue weighted by Crippen LogP contribution is -2.55. The quantitative estimate of drug-likeness (QED) is 0.476. The van der Waals surface area contributed by atoms with Gasteiger partial charge in [0.25, 0.3) is 0 Å². The zero-order valence-corrected chi connectivity index (χ0v) is 23.7. The van der Waals surface area contributed by atoms with E-state index in [-0.39, 0.29) is 12.6 Å². The minimum atomic E-state index is 0.0497. The SMILES string of the molecule is CN1CCCN(C)c2ccc(cn2)-c2ccnc(n2)Nc2cccc(c2)CN2CCN(CC1)CC2COCCO. The largest absolute Gasteiger partial charge is 0.394 e. The molecule has 1 fully saturated rings. The fourth-order valence-electron chi connectivity index (χ4n) is 5.38. The van der Waals surface area contributed by atoms with Crippen LogP contribution in [-0.4, -0.2) is 121 Å². The number of benzene rings is 1. The lowest BCUT2D eigenvalue weighted by atomic mass is 10.1. The highest BCUT2D eigenvalue weighted by Crippen LogP contribution is 2.23. The molecule has 1 saturated heterocycles. The summed E-state index contributed by atoms with van der Waals surface area (Å²) in [5.74, 6) is 1.52. The number of nitrogens with one attached hydrogen (secondary N) is 1. The van der Waals surface area contributed by atoms with Crippen LogP contribution in [-0.2, 0) is 11.3 Å². The van der Waals surface area contributed by atoms with Crippen LogP contribution in [0.25, 0.3) is 11.3 Å². The van der Waals surface area contributed by atoms with Crippen molar-refractivity contribution in [2.45, 2.75) is 19.0 Å². The second-order valence-electron chi connectivity index (χ2n) is 10.8. The molecule has 10 nitrogen and oxygen atoms in total. The average Bonchev–Trinajstić information content (AvgIpc) is 2.97. The van der Waals surface area contributed by atoms with E-state index < -0.39 is 0 Å².